The third-order valence-electron chi connectivity index (χ3n) is 6.09. The molecular formula is C24H38N2O6. The molecule has 3 N–H and O–H groups in total. The summed E-state index contributed by atoms with van der Waals surface area (Å²) in [5.41, 5.74) is 2.67. The van der Waals surface area contributed by atoms with Crippen LogP contribution in [0, 0.1) is 17.8 Å². The molecule has 2 rings (SSSR count). The molecule has 1 fully saturated rings. The molecule has 1 saturated carbocycles. The molecule has 0 spiro atoms. The number of carbonyl (C=O) groups excluding carboxylic acids is 2. The number of hydrogen-bond acceptors (Lipinski definition) is 6. The number of carbonyl (C=O) groups is 2. The summed E-state index contributed by atoms with van der Waals surface area (Å²) in [5, 5.41) is 12.4. The molecule has 1 aliphatic rings. The summed E-state index contributed by atoms with van der Waals surface area (Å²) in [6, 6.07) is 7.08. The van der Waals surface area contributed by atoms with Gasteiger partial charge < -0.3 is 19.5 Å². The van der Waals surface area contributed by atoms with E-state index in [2.05, 4.69) is 12.2 Å². The molecule has 1 aliphatic carbocycles. The molecule has 0 bridgehead atoms. The highest BCUT2D eigenvalue weighted by Gasteiger charge is 2.29. The molecular weight excluding hydrogens is 412 g/mol. The van der Waals surface area contributed by atoms with Crippen LogP contribution >= 0.6 is 0 Å². The normalized spacial score (nSPS) is 20.2. The van der Waals surface area contributed by atoms with Crippen molar-refractivity contribution in [3.05, 3.63) is 29.8 Å². The van der Waals surface area contributed by atoms with Crippen LogP contribution in [-0.2, 0) is 25.5 Å². The van der Waals surface area contributed by atoms with Gasteiger partial charge in [0.15, 0.2) is 0 Å². The first-order chi connectivity index (χ1) is 15.5. The van der Waals surface area contributed by atoms with E-state index in [9.17, 15) is 14.8 Å². The van der Waals surface area contributed by atoms with Crippen LogP contribution in [0.25, 0.3) is 0 Å². The minimum atomic E-state index is -0.556. The van der Waals surface area contributed by atoms with Gasteiger partial charge in [-0.2, -0.15) is 0 Å². The lowest BCUT2D eigenvalue weighted by molar-refractivity contribution is -0.135. The number of ether oxygens (including phenoxy) is 3. The van der Waals surface area contributed by atoms with Crippen LogP contribution in [0.1, 0.15) is 51.5 Å². The van der Waals surface area contributed by atoms with Gasteiger partial charge in [0, 0.05) is 18.4 Å². The first-order valence-corrected chi connectivity index (χ1v) is 11.5. The molecule has 1 aromatic carbocycles. The first-order valence-electron chi connectivity index (χ1n) is 11.5. The standard InChI is InChI=1S/C24H38N2O6/c1-4-31-16-32-15-21(25-23(27)19-10-8-17(2)9-11-19)14-20(24(28)26-29)12-18-6-5-7-22(13-18)30-3/h5-7,13,17,19-21,29H,4,8-12,14-16H2,1-3H3,(H,25,27)(H,26,28). The Labute approximate surface area is 191 Å². The van der Waals surface area contributed by atoms with E-state index in [1.807, 2.05) is 31.2 Å². The molecule has 8 nitrogen and oxygen atoms in total. The fraction of sp³-hybridized carbons (Fsp3) is 0.667. The summed E-state index contributed by atoms with van der Waals surface area (Å²) in [7, 11) is 1.59. The predicted octanol–water partition coefficient (Wildman–Crippen LogP) is 3.07. The average Bonchev–Trinajstić information content (AvgIpc) is 2.81. The van der Waals surface area contributed by atoms with E-state index in [1.165, 1.54) is 0 Å². The van der Waals surface area contributed by atoms with Gasteiger partial charge in [-0.3, -0.25) is 14.8 Å². The number of rotatable bonds is 13. The number of hydroxylamine groups is 1. The minimum absolute atomic E-state index is 0.00597. The maximum Gasteiger partial charge on any atom is 0.246 e. The second kappa shape index (κ2) is 14.1. The van der Waals surface area contributed by atoms with Gasteiger partial charge in [-0.15, -0.1) is 0 Å². The van der Waals surface area contributed by atoms with Gasteiger partial charge in [0.05, 0.1) is 19.8 Å². The Hall–Kier alpha value is -2.16. The predicted molar refractivity (Wildman–Crippen MR) is 120 cm³/mol. The van der Waals surface area contributed by atoms with Crippen molar-refractivity contribution >= 4 is 11.8 Å². The lowest BCUT2D eigenvalue weighted by Crippen LogP contribution is -2.45. The molecule has 0 saturated heterocycles. The SMILES string of the molecule is CCOCOCC(CC(Cc1cccc(OC)c1)C(=O)NO)NC(=O)C1CCC(C)CC1. The largest absolute Gasteiger partial charge is 0.497 e. The van der Waals surface area contributed by atoms with Crippen LogP contribution in [0.5, 0.6) is 5.75 Å². The summed E-state index contributed by atoms with van der Waals surface area (Å²) in [5.74, 6) is 0.297. The fourth-order valence-electron chi connectivity index (χ4n) is 4.14. The van der Waals surface area contributed by atoms with Gasteiger partial charge >= 0.3 is 0 Å². The number of hydrogen-bond donors (Lipinski definition) is 3. The monoisotopic (exact) mass is 450 g/mol. The highest BCUT2D eigenvalue weighted by molar-refractivity contribution is 5.80. The van der Waals surface area contributed by atoms with Crippen LogP contribution < -0.4 is 15.5 Å². The number of benzene rings is 1. The molecule has 32 heavy (non-hydrogen) atoms. The van der Waals surface area contributed by atoms with E-state index in [-0.39, 0.29) is 31.3 Å². The van der Waals surface area contributed by atoms with Gasteiger partial charge in [0.1, 0.15) is 12.5 Å². The first kappa shape index (κ1) is 26.1. The highest BCUT2D eigenvalue weighted by atomic mass is 16.7. The highest BCUT2D eigenvalue weighted by Crippen LogP contribution is 2.28. The zero-order valence-electron chi connectivity index (χ0n) is 19.5. The second-order valence-electron chi connectivity index (χ2n) is 8.61. The zero-order valence-corrected chi connectivity index (χ0v) is 19.5. The average molecular weight is 451 g/mol. The summed E-state index contributed by atoms with van der Waals surface area (Å²) >= 11 is 0. The van der Waals surface area contributed by atoms with E-state index in [1.54, 1.807) is 12.6 Å². The quantitative estimate of drug-likeness (QED) is 0.185. The number of methoxy groups -OCH3 is 1. The van der Waals surface area contributed by atoms with Crippen molar-refractivity contribution in [3.63, 3.8) is 0 Å². The molecule has 2 atom stereocenters. The Morgan fingerprint density at radius 3 is 2.59 bits per heavy atom. The molecule has 0 aliphatic heterocycles. The molecule has 0 heterocycles. The van der Waals surface area contributed by atoms with E-state index in [4.69, 9.17) is 14.2 Å². The Kier molecular flexibility index (Phi) is 11.5. The number of nitrogens with one attached hydrogen (secondary N) is 2. The van der Waals surface area contributed by atoms with Gasteiger partial charge in [0.2, 0.25) is 11.8 Å². The summed E-state index contributed by atoms with van der Waals surface area (Å²) < 4.78 is 16.1. The van der Waals surface area contributed by atoms with Gasteiger partial charge in [-0.05, 0) is 69.1 Å². The third-order valence-corrected chi connectivity index (χ3v) is 6.09. The Morgan fingerprint density at radius 1 is 1.19 bits per heavy atom. The topological polar surface area (TPSA) is 106 Å². The van der Waals surface area contributed by atoms with Crippen molar-refractivity contribution in [1.82, 2.24) is 10.8 Å². The van der Waals surface area contributed by atoms with Crippen molar-refractivity contribution in [2.24, 2.45) is 17.8 Å². The van der Waals surface area contributed by atoms with Crippen LogP contribution in [-0.4, -0.2) is 50.2 Å². The van der Waals surface area contributed by atoms with Gasteiger partial charge in [-0.1, -0.05) is 19.1 Å². The maximum atomic E-state index is 12.9. The fourth-order valence-corrected chi connectivity index (χ4v) is 4.14. The number of amides is 2. The summed E-state index contributed by atoms with van der Waals surface area (Å²) in [6.45, 7) is 4.97. The molecule has 8 heteroatoms. The van der Waals surface area contributed by atoms with Gasteiger partial charge in [-0.25, -0.2) is 5.48 Å². The van der Waals surface area contributed by atoms with Crippen molar-refractivity contribution in [2.75, 3.05) is 27.1 Å². The van der Waals surface area contributed by atoms with Crippen molar-refractivity contribution in [3.8, 4) is 5.75 Å². The minimum Gasteiger partial charge on any atom is -0.497 e. The van der Waals surface area contributed by atoms with E-state index >= 15 is 0 Å². The smallest absolute Gasteiger partial charge is 0.246 e. The van der Waals surface area contributed by atoms with Crippen LogP contribution in [0.2, 0.25) is 0 Å². The lowest BCUT2D eigenvalue weighted by atomic mass is 9.82. The van der Waals surface area contributed by atoms with Crippen molar-refractivity contribution in [2.45, 2.75) is 58.4 Å². The maximum absolute atomic E-state index is 12.9. The Morgan fingerprint density at radius 2 is 1.94 bits per heavy atom. The molecule has 2 amide bonds. The van der Waals surface area contributed by atoms with Gasteiger partial charge in [0.25, 0.3) is 0 Å². The molecule has 2 unspecified atom stereocenters. The van der Waals surface area contributed by atoms with Crippen LogP contribution in [0.4, 0.5) is 0 Å². The van der Waals surface area contributed by atoms with Crippen molar-refractivity contribution < 1.29 is 29.0 Å². The van der Waals surface area contributed by atoms with E-state index < -0.39 is 11.8 Å². The second-order valence-corrected chi connectivity index (χ2v) is 8.61. The third kappa shape index (κ3) is 8.76. The zero-order chi connectivity index (χ0) is 23.3. The van der Waals surface area contributed by atoms with Crippen LogP contribution in [0.3, 0.4) is 0 Å². The Balaban J connectivity index is 2.07. The molecule has 0 radical (unpaired) electrons. The molecule has 180 valence electrons. The van der Waals surface area contributed by atoms with Crippen LogP contribution in [0.15, 0.2) is 24.3 Å². The molecule has 1 aromatic rings. The Bertz CT molecular complexity index is 705. The summed E-state index contributed by atoms with van der Waals surface area (Å²) in [4.78, 5) is 25.3. The molecule has 0 aromatic heterocycles. The van der Waals surface area contributed by atoms with E-state index in [0.29, 0.717) is 31.1 Å². The lowest BCUT2D eigenvalue weighted by Gasteiger charge is -2.29. The van der Waals surface area contributed by atoms with E-state index in [0.717, 1.165) is 31.2 Å². The van der Waals surface area contributed by atoms with Crippen molar-refractivity contribution in [1.29, 1.82) is 0 Å². The summed E-state index contributed by atoms with van der Waals surface area (Å²) in [6.07, 6.45) is 4.57.